The largest absolute Gasteiger partial charge is 0.503 e. The van der Waals surface area contributed by atoms with Crippen LogP contribution in [0.5, 0.6) is 11.5 Å². The minimum Gasteiger partial charge on any atom is -0.503 e. The second kappa shape index (κ2) is 8.36. The first kappa shape index (κ1) is 19.0. The SMILES string of the molecule is CCOc1cc(CN=Nc2ncnc3c2cnn3-c2ccccc2)cc(Br)c1O. The quantitative estimate of drug-likeness (QED) is 0.416. The van der Waals surface area contributed by atoms with Crippen LogP contribution in [0, 0.1) is 0 Å². The van der Waals surface area contributed by atoms with E-state index in [9.17, 15) is 5.11 Å². The van der Waals surface area contributed by atoms with Crippen molar-refractivity contribution in [1.29, 1.82) is 0 Å². The summed E-state index contributed by atoms with van der Waals surface area (Å²) in [6.07, 6.45) is 3.13. The molecule has 146 valence electrons. The second-order valence-corrected chi connectivity index (χ2v) is 6.94. The number of rotatable bonds is 6. The number of benzene rings is 2. The van der Waals surface area contributed by atoms with E-state index in [0.29, 0.717) is 40.2 Å². The van der Waals surface area contributed by atoms with Crippen LogP contribution >= 0.6 is 15.9 Å². The van der Waals surface area contributed by atoms with E-state index in [0.717, 1.165) is 11.3 Å². The molecule has 0 spiro atoms. The van der Waals surface area contributed by atoms with E-state index < -0.39 is 0 Å². The minimum absolute atomic E-state index is 0.0679. The number of aromatic hydroxyl groups is 1. The molecular formula is C20H17BrN6O2. The zero-order valence-electron chi connectivity index (χ0n) is 15.5. The molecule has 0 aliphatic carbocycles. The second-order valence-electron chi connectivity index (χ2n) is 6.08. The highest BCUT2D eigenvalue weighted by Crippen LogP contribution is 2.35. The van der Waals surface area contributed by atoms with Crippen molar-refractivity contribution in [3.8, 4) is 17.2 Å². The van der Waals surface area contributed by atoms with Crippen LogP contribution in [0.25, 0.3) is 16.7 Å². The van der Waals surface area contributed by atoms with Crippen LogP contribution in [-0.2, 0) is 6.54 Å². The molecule has 8 nitrogen and oxygen atoms in total. The topological polar surface area (TPSA) is 97.8 Å². The lowest BCUT2D eigenvalue weighted by molar-refractivity contribution is 0.317. The van der Waals surface area contributed by atoms with Gasteiger partial charge in [-0.05, 0) is 52.7 Å². The molecule has 4 rings (SSSR count). The first-order chi connectivity index (χ1) is 14.2. The van der Waals surface area contributed by atoms with Crippen molar-refractivity contribution in [3.63, 3.8) is 0 Å². The highest BCUT2D eigenvalue weighted by molar-refractivity contribution is 9.10. The molecule has 2 aromatic carbocycles. The summed E-state index contributed by atoms with van der Waals surface area (Å²) in [5.41, 5.74) is 2.40. The van der Waals surface area contributed by atoms with Crippen LogP contribution in [0.15, 0.2) is 69.7 Å². The predicted octanol–water partition coefficient (Wildman–Crippen LogP) is 4.97. The fourth-order valence-electron chi connectivity index (χ4n) is 2.84. The third-order valence-electron chi connectivity index (χ3n) is 4.15. The molecular weight excluding hydrogens is 436 g/mol. The number of azo groups is 1. The molecule has 0 fully saturated rings. The average Bonchev–Trinajstić information content (AvgIpc) is 3.17. The van der Waals surface area contributed by atoms with Crippen LogP contribution in [0.2, 0.25) is 0 Å². The summed E-state index contributed by atoms with van der Waals surface area (Å²) in [6.45, 7) is 2.61. The van der Waals surface area contributed by atoms with Crippen molar-refractivity contribution in [2.45, 2.75) is 13.5 Å². The van der Waals surface area contributed by atoms with Crippen LogP contribution in [0.4, 0.5) is 5.82 Å². The number of aromatic nitrogens is 4. The van der Waals surface area contributed by atoms with E-state index in [1.54, 1.807) is 23.0 Å². The molecule has 0 radical (unpaired) electrons. The lowest BCUT2D eigenvalue weighted by Gasteiger charge is -2.09. The first-order valence-corrected chi connectivity index (χ1v) is 9.72. The summed E-state index contributed by atoms with van der Waals surface area (Å²) in [5.74, 6) is 0.916. The van der Waals surface area contributed by atoms with E-state index in [1.807, 2.05) is 37.3 Å². The smallest absolute Gasteiger partial charge is 0.188 e. The van der Waals surface area contributed by atoms with Crippen molar-refractivity contribution in [2.75, 3.05) is 6.61 Å². The predicted molar refractivity (Wildman–Crippen MR) is 112 cm³/mol. The Morgan fingerprint density at radius 2 is 2.00 bits per heavy atom. The van der Waals surface area contributed by atoms with Gasteiger partial charge in [0.25, 0.3) is 0 Å². The normalized spacial score (nSPS) is 11.4. The fourth-order valence-corrected chi connectivity index (χ4v) is 3.33. The maximum atomic E-state index is 10.0. The Morgan fingerprint density at radius 1 is 1.17 bits per heavy atom. The molecule has 0 saturated carbocycles. The summed E-state index contributed by atoms with van der Waals surface area (Å²) in [5, 5.41) is 23.7. The highest BCUT2D eigenvalue weighted by Gasteiger charge is 2.11. The van der Waals surface area contributed by atoms with Crippen LogP contribution in [0.1, 0.15) is 12.5 Å². The van der Waals surface area contributed by atoms with E-state index in [2.05, 4.69) is 41.2 Å². The van der Waals surface area contributed by atoms with Gasteiger partial charge in [0.1, 0.15) is 6.33 Å². The number of ether oxygens (including phenoxy) is 1. The standard InChI is InChI=1S/C20H17BrN6O2/c1-2-29-17-9-13(8-16(21)18(17)28)10-24-26-19-15-11-25-27(20(15)23-12-22-19)14-6-4-3-5-7-14/h3-9,11-12,28H,2,10H2,1H3. The van der Waals surface area contributed by atoms with Gasteiger partial charge in [-0.3, -0.25) is 0 Å². The molecule has 0 amide bonds. The number of nitrogens with zero attached hydrogens (tertiary/aromatic N) is 6. The van der Waals surface area contributed by atoms with Gasteiger partial charge >= 0.3 is 0 Å². The van der Waals surface area contributed by atoms with Crippen molar-refractivity contribution in [2.24, 2.45) is 10.2 Å². The summed E-state index contributed by atoms with van der Waals surface area (Å²) < 4.78 is 7.72. The fraction of sp³-hybridized carbons (Fsp3) is 0.150. The van der Waals surface area contributed by atoms with Crippen LogP contribution in [-0.4, -0.2) is 31.5 Å². The van der Waals surface area contributed by atoms with E-state index in [4.69, 9.17) is 4.74 Å². The van der Waals surface area contributed by atoms with Crippen molar-refractivity contribution in [1.82, 2.24) is 19.7 Å². The van der Waals surface area contributed by atoms with Gasteiger partial charge in [-0.25, -0.2) is 14.6 Å². The third-order valence-corrected chi connectivity index (χ3v) is 4.76. The molecule has 0 bridgehead atoms. The molecule has 0 aliphatic rings. The monoisotopic (exact) mass is 452 g/mol. The first-order valence-electron chi connectivity index (χ1n) is 8.93. The molecule has 9 heteroatoms. The lowest BCUT2D eigenvalue weighted by atomic mass is 10.2. The van der Waals surface area contributed by atoms with E-state index >= 15 is 0 Å². The van der Waals surface area contributed by atoms with Crippen LogP contribution in [0.3, 0.4) is 0 Å². The molecule has 1 N–H and O–H groups in total. The van der Waals surface area contributed by atoms with Gasteiger partial charge in [-0.2, -0.15) is 10.2 Å². The van der Waals surface area contributed by atoms with Crippen molar-refractivity contribution in [3.05, 3.63) is 65.0 Å². The van der Waals surface area contributed by atoms with E-state index in [1.165, 1.54) is 6.33 Å². The Morgan fingerprint density at radius 3 is 2.79 bits per heavy atom. The Hall–Kier alpha value is -3.33. The molecule has 0 saturated heterocycles. The lowest BCUT2D eigenvalue weighted by Crippen LogP contribution is -1.97. The van der Waals surface area contributed by atoms with Gasteiger partial charge in [-0.15, -0.1) is 5.11 Å². The van der Waals surface area contributed by atoms with Gasteiger partial charge in [-0.1, -0.05) is 18.2 Å². The van der Waals surface area contributed by atoms with Crippen molar-refractivity contribution < 1.29 is 9.84 Å². The van der Waals surface area contributed by atoms with Gasteiger partial charge in [0, 0.05) is 0 Å². The summed E-state index contributed by atoms with van der Waals surface area (Å²) in [6, 6.07) is 13.3. The zero-order chi connectivity index (χ0) is 20.2. The molecule has 2 aromatic heterocycles. The Kier molecular flexibility index (Phi) is 5.48. The maximum absolute atomic E-state index is 10.0. The third kappa shape index (κ3) is 3.95. The number of halogens is 1. The molecule has 29 heavy (non-hydrogen) atoms. The molecule has 0 atom stereocenters. The number of hydrogen-bond acceptors (Lipinski definition) is 7. The Balaban J connectivity index is 1.60. The minimum atomic E-state index is 0.0679. The summed E-state index contributed by atoms with van der Waals surface area (Å²) in [7, 11) is 0. The average molecular weight is 453 g/mol. The summed E-state index contributed by atoms with van der Waals surface area (Å²) >= 11 is 3.33. The number of hydrogen-bond donors (Lipinski definition) is 1. The number of phenols is 1. The number of fused-ring (bicyclic) bond motifs is 1. The Bertz CT molecular complexity index is 1180. The van der Waals surface area contributed by atoms with Gasteiger partial charge < -0.3 is 9.84 Å². The van der Waals surface area contributed by atoms with Gasteiger partial charge in [0.2, 0.25) is 0 Å². The molecule has 4 aromatic rings. The van der Waals surface area contributed by atoms with Gasteiger partial charge in [0.05, 0.1) is 34.9 Å². The highest BCUT2D eigenvalue weighted by atomic mass is 79.9. The molecule has 0 unspecified atom stereocenters. The summed E-state index contributed by atoms with van der Waals surface area (Å²) in [4.78, 5) is 8.56. The molecule has 0 aliphatic heterocycles. The van der Waals surface area contributed by atoms with Crippen LogP contribution < -0.4 is 4.74 Å². The Labute approximate surface area is 175 Å². The number of para-hydroxylation sites is 1. The maximum Gasteiger partial charge on any atom is 0.188 e. The number of phenolic OH excluding ortho intramolecular Hbond substituents is 1. The molecule has 2 heterocycles. The zero-order valence-corrected chi connectivity index (χ0v) is 17.1. The van der Waals surface area contributed by atoms with Crippen molar-refractivity contribution >= 4 is 32.8 Å². The van der Waals surface area contributed by atoms with Gasteiger partial charge in [0.15, 0.2) is 23.0 Å². The van der Waals surface area contributed by atoms with E-state index in [-0.39, 0.29) is 5.75 Å².